The van der Waals surface area contributed by atoms with Gasteiger partial charge in [-0.2, -0.15) is 0 Å². The first-order valence-corrected chi connectivity index (χ1v) is 3.06. The van der Waals surface area contributed by atoms with Gasteiger partial charge in [-0.3, -0.25) is 0 Å². The molecule has 1 unspecified atom stereocenters. The summed E-state index contributed by atoms with van der Waals surface area (Å²) in [6.45, 7) is 3.09. The summed E-state index contributed by atoms with van der Waals surface area (Å²) in [6.07, 6.45) is 3.74. The van der Waals surface area contributed by atoms with E-state index in [1.807, 2.05) is 0 Å². The molecule has 1 fully saturated rings. The van der Waals surface area contributed by atoms with Crippen molar-refractivity contribution in [2.45, 2.75) is 32.2 Å². The topological polar surface area (TPSA) is 12.0 Å². The van der Waals surface area contributed by atoms with E-state index in [0.29, 0.717) is 6.04 Å². The zero-order valence-corrected chi connectivity index (χ0v) is 4.85. The van der Waals surface area contributed by atoms with E-state index < -0.39 is 0 Å². The molecule has 1 heteroatoms. The number of hydrogen-bond donors (Lipinski definition) is 1. The fourth-order valence-electron chi connectivity index (χ4n) is 0.955. The lowest BCUT2D eigenvalue weighted by Gasteiger charge is -2.18. The first-order valence-electron chi connectivity index (χ1n) is 3.51. The minimum atomic E-state index is 0.503. The van der Waals surface area contributed by atoms with Crippen LogP contribution in [0.5, 0.6) is 0 Å². The van der Waals surface area contributed by atoms with Crippen LogP contribution in [0.2, 0.25) is 1.41 Å². The lowest BCUT2D eigenvalue weighted by molar-refractivity contribution is 0.425. The van der Waals surface area contributed by atoms with Crippen molar-refractivity contribution in [3.63, 3.8) is 0 Å². The number of rotatable bonds is 0. The van der Waals surface area contributed by atoms with E-state index in [2.05, 4.69) is 6.92 Å². The molecule has 0 aromatic carbocycles. The second-order valence-corrected chi connectivity index (χ2v) is 2.25. The number of nitrogens with one attached hydrogen (secondary N) is 1. The van der Waals surface area contributed by atoms with Crippen LogP contribution in [0.25, 0.3) is 0 Å². The van der Waals surface area contributed by atoms with Gasteiger partial charge in [-0.05, 0) is 26.3 Å². The van der Waals surface area contributed by atoms with Gasteiger partial charge < -0.3 is 5.31 Å². The normalized spacial score (nSPS) is 37.9. The molecule has 1 atom stereocenters. The Morgan fingerprint density at radius 3 is 3.00 bits per heavy atom. The van der Waals surface area contributed by atoms with Gasteiger partial charge in [0.25, 0.3) is 0 Å². The Hall–Kier alpha value is -0.0400. The molecule has 7 heavy (non-hydrogen) atoms. The van der Waals surface area contributed by atoms with Crippen molar-refractivity contribution in [2.24, 2.45) is 0 Å². The van der Waals surface area contributed by atoms with Gasteiger partial charge in [0.2, 0.25) is 0 Å². The summed E-state index contributed by atoms with van der Waals surface area (Å²) < 4.78 is 7.31. The largest absolute Gasteiger partial charge is 0.314 e. The molecule has 1 N–H and O–H groups in total. The van der Waals surface area contributed by atoms with Gasteiger partial charge in [0.15, 0.2) is 0 Å². The third-order valence-corrected chi connectivity index (χ3v) is 1.47. The van der Waals surface area contributed by atoms with Crippen LogP contribution in [0, 0.1) is 0 Å². The summed E-state index contributed by atoms with van der Waals surface area (Å²) in [6, 6.07) is 0.503. The van der Waals surface area contributed by atoms with Crippen molar-refractivity contribution in [3.8, 4) is 0 Å². The monoisotopic (exact) mass is 100 g/mol. The van der Waals surface area contributed by atoms with Gasteiger partial charge in [0.05, 0.1) is 0 Å². The maximum Gasteiger partial charge on any atom is 0.122 e. The zero-order valence-electron chi connectivity index (χ0n) is 5.85. The second-order valence-electron chi connectivity index (χ2n) is 2.25. The van der Waals surface area contributed by atoms with Crippen LogP contribution in [-0.4, -0.2) is 12.6 Å². The van der Waals surface area contributed by atoms with Crippen LogP contribution < -0.4 is 5.31 Å². The van der Waals surface area contributed by atoms with E-state index >= 15 is 0 Å². The highest BCUT2D eigenvalue weighted by molar-refractivity contribution is 4.65. The Balaban J connectivity index is 2.28. The summed E-state index contributed by atoms with van der Waals surface area (Å²) >= 11 is 0. The maximum absolute atomic E-state index is 7.31. The predicted octanol–water partition coefficient (Wildman–Crippen LogP) is 1.15. The lowest BCUT2D eigenvalue weighted by Crippen LogP contribution is -2.30. The first kappa shape index (κ1) is 3.90. The molecule has 1 aliphatic rings. The van der Waals surface area contributed by atoms with E-state index in [0.717, 1.165) is 6.54 Å². The fraction of sp³-hybridized carbons (Fsp3) is 1.00. The summed E-state index contributed by atoms with van der Waals surface area (Å²) in [5, 5.41) is 1.68. The van der Waals surface area contributed by atoms with Crippen molar-refractivity contribution >= 4 is 0 Å². The van der Waals surface area contributed by atoms with Gasteiger partial charge in [-0.15, -0.1) is 0 Å². The molecule has 1 nitrogen and oxygen atoms in total. The van der Waals surface area contributed by atoms with Crippen molar-refractivity contribution in [2.75, 3.05) is 6.54 Å². The molecule has 0 saturated carbocycles. The minimum absolute atomic E-state index is 0.503. The number of piperidine rings is 1. The summed E-state index contributed by atoms with van der Waals surface area (Å²) in [5.41, 5.74) is 0. The Labute approximate surface area is 46.6 Å². The average molecular weight is 100 g/mol. The Morgan fingerprint density at radius 1 is 1.71 bits per heavy atom. The highest BCUT2D eigenvalue weighted by Gasteiger charge is 2.04. The Morgan fingerprint density at radius 2 is 2.57 bits per heavy atom. The molecular formula is C6H13N. The van der Waals surface area contributed by atoms with E-state index in [9.17, 15) is 0 Å². The minimum Gasteiger partial charge on any atom is -0.314 e. The molecule has 1 heterocycles. The standard InChI is InChI=1S/C6H13N/c1-6-4-2-3-5-7-6/h6-7H,2-5H2,1H3/i/hD. The third kappa shape index (κ3) is 1.48. The van der Waals surface area contributed by atoms with Crippen LogP contribution in [-0.2, 0) is 0 Å². The molecule has 1 aliphatic heterocycles. The number of hydrogen-bond acceptors (Lipinski definition) is 1. The van der Waals surface area contributed by atoms with Crippen molar-refractivity contribution in [1.29, 1.82) is 0 Å². The van der Waals surface area contributed by atoms with E-state index in [1.165, 1.54) is 19.3 Å². The Bertz CT molecular complexity index is 64.9. The molecule has 0 bridgehead atoms. The average Bonchev–Trinajstić information content (AvgIpc) is 1.77. The van der Waals surface area contributed by atoms with Gasteiger partial charge in [-0.1, -0.05) is 6.42 Å². The molecule has 0 spiro atoms. The van der Waals surface area contributed by atoms with Crippen molar-refractivity contribution < 1.29 is 1.41 Å². The van der Waals surface area contributed by atoms with Gasteiger partial charge in [0.1, 0.15) is 1.41 Å². The van der Waals surface area contributed by atoms with E-state index in [1.54, 1.807) is 5.31 Å². The van der Waals surface area contributed by atoms with Crippen LogP contribution in [0.1, 0.15) is 26.2 Å². The van der Waals surface area contributed by atoms with Gasteiger partial charge in [0, 0.05) is 6.04 Å². The van der Waals surface area contributed by atoms with Crippen LogP contribution in [0.15, 0.2) is 0 Å². The third-order valence-electron chi connectivity index (χ3n) is 1.47. The summed E-state index contributed by atoms with van der Waals surface area (Å²) in [7, 11) is 0. The molecule has 1 saturated heterocycles. The highest BCUT2D eigenvalue weighted by Crippen LogP contribution is 2.04. The Kier molecular flexibility index (Phi) is 1.29. The second kappa shape index (κ2) is 2.31. The summed E-state index contributed by atoms with van der Waals surface area (Å²) in [4.78, 5) is 0. The first-order chi connectivity index (χ1) is 3.80. The van der Waals surface area contributed by atoms with E-state index in [-0.39, 0.29) is 0 Å². The van der Waals surface area contributed by atoms with Crippen molar-refractivity contribution in [1.82, 2.24) is 5.31 Å². The molecule has 42 valence electrons. The zero-order chi connectivity index (χ0) is 5.98. The maximum atomic E-state index is 7.31. The molecule has 0 aromatic rings. The highest BCUT2D eigenvalue weighted by atomic mass is 14.9. The lowest BCUT2D eigenvalue weighted by atomic mass is 10.1. The van der Waals surface area contributed by atoms with Crippen LogP contribution in [0.4, 0.5) is 0 Å². The van der Waals surface area contributed by atoms with Gasteiger partial charge >= 0.3 is 0 Å². The van der Waals surface area contributed by atoms with E-state index in [4.69, 9.17) is 1.41 Å². The molecule has 0 aromatic heterocycles. The summed E-state index contributed by atoms with van der Waals surface area (Å²) in [5.74, 6) is 0. The van der Waals surface area contributed by atoms with Crippen LogP contribution >= 0.6 is 0 Å². The molecule has 0 radical (unpaired) electrons. The fourth-order valence-corrected chi connectivity index (χ4v) is 0.955. The smallest absolute Gasteiger partial charge is 0.122 e. The quantitative estimate of drug-likeness (QED) is 0.481. The molecule has 1 rings (SSSR count). The van der Waals surface area contributed by atoms with Gasteiger partial charge in [-0.25, -0.2) is 0 Å². The SMILES string of the molecule is [2H]N1CCCCC1C. The molecular weight excluding hydrogens is 86.1 g/mol. The van der Waals surface area contributed by atoms with Crippen molar-refractivity contribution in [3.05, 3.63) is 0 Å². The predicted molar refractivity (Wildman–Crippen MR) is 31.3 cm³/mol. The van der Waals surface area contributed by atoms with Crippen LogP contribution in [0.3, 0.4) is 0 Å². The molecule has 0 amide bonds. The molecule has 0 aliphatic carbocycles.